The van der Waals surface area contributed by atoms with Crippen molar-refractivity contribution in [3.8, 4) is 0 Å². The molecule has 1 amide bonds. The number of ether oxygens (including phenoxy) is 1. The molecule has 0 aliphatic carbocycles. The summed E-state index contributed by atoms with van der Waals surface area (Å²) in [4.78, 5) is 22.0. The third-order valence-corrected chi connectivity index (χ3v) is 6.92. The molecular formula is C21H20Cl2FN3O2S. The SMILES string of the molecule is Cc1ccc(Cl)c2sc(N(CCN3CCOCC3)C(=O)c3ccc(F)cc3Cl)nc12. The predicted octanol–water partition coefficient (Wildman–Crippen LogP) is 5.03. The van der Waals surface area contributed by atoms with Crippen LogP contribution in [0, 0.1) is 12.7 Å². The van der Waals surface area contributed by atoms with E-state index in [1.165, 1.54) is 23.5 Å². The van der Waals surface area contributed by atoms with Crippen molar-refractivity contribution < 1.29 is 13.9 Å². The van der Waals surface area contributed by atoms with Crippen LogP contribution in [-0.2, 0) is 4.74 Å². The number of rotatable bonds is 5. The van der Waals surface area contributed by atoms with E-state index in [0.717, 1.165) is 34.9 Å². The number of anilines is 1. The number of hydrogen-bond donors (Lipinski definition) is 0. The van der Waals surface area contributed by atoms with Gasteiger partial charge in [-0.25, -0.2) is 9.37 Å². The second-order valence-electron chi connectivity index (χ2n) is 7.07. The molecule has 1 fully saturated rings. The quantitative estimate of drug-likeness (QED) is 0.527. The molecule has 0 spiro atoms. The molecule has 1 aliphatic rings. The largest absolute Gasteiger partial charge is 0.379 e. The molecule has 0 N–H and O–H groups in total. The van der Waals surface area contributed by atoms with Crippen molar-refractivity contribution in [2.24, 2.45) is 0 Å². The number of carbonyl (C=O) groups excluding carboxylic acids is 1. The van der Waals surface area contributed by atoms with Crippen LogP contribution >= 0.6 is 34.5 Å². The van der Waals surface area contributed by atoms with Crippen LogP contribution in [0.15, 0.2) is 30.3 Å². The number of hydrogen-bond acceptors (Lipinski definition) is 5. The maximum absolute atomic E-state index is 13.5. The molecule has 1 saturated heterocycles. The van der Waals surface area contributed by atoms with Gasteiger partial charge in [0.05, 0.1) is 39.0 Å². The minimum absolute atomic E-state index is 0.0756. The summed E-state index contributed by atoms with van der Waals surface area (Å²) < 4.78 is 19.7. The number of aryl methyl sites for hydroxylation is 1. The number of halogens is 3. The third kappa shape index (κ3) is 4.45. The van der Waals surface area contributed by atoms with E-state index in [1.807, 2.05) is 19.1 Å². The van der Waals surface area contributed by atoms with Crippen LogP contribution in [0.3, 0.4) is 0 Å². The summed E-state index contributed by atoms with van der Waals surface area (Å²) >= 11 is 13.9. The lowest BCUT2D eigenvalue weighted by Crippen LogP contribution is -2.43. The Hall–Kier alpha value is -1.77. The first-order chi connectivity index (χ1) is 14.4. The van der Waals surface area contributed by atoms with E-state index >= 15 is 0 Å². The minimum Gasteiger partial charge on any atom is -0.379 e. The van der Waals surface area contributed by atoms with Gasteiger partial charge in [-0.1, -0.05) is 40.6 Å². The summed E-state index contributed by atoms with van der Waals surface area (Å²) in [6, 6.07) is 7.53. The molecule has 1 aliphatic heterocycles. The standard InChI is InChI=1S/C21H20Cl2FN3O2S/c1-13-2-5-16(22)19-18(13)25-21(30-19)27(7-6-26-8-10-29-11-9-26)20(28)15-4-3-14(24)12-17(15)23/h2-5,12H,6-11H2,1H3. The second-order valence-corrected chi connectivity index (χ2v) is 8.87. The van der Waals surface area contributed by atoms with Gasteiger partial charge in [0.1, 0.15) is 5.82 Å². The summed E-state index contributed by atoms with van der Waals surface area (Å²) in [6.45, 7) is 6.01. The average molecular weight is 468 g/mol. The molecule has 0 unspecified atom stereocenters. The Morgan fingerprint density at radius 3 is 2.70 bits per heavy atom. The van der Waals surface area contributed by atoms with E-state index in [4.69, 9.17) is 32.9 Å². The molecule has 2 heterocycles. The summed E-state index contributed by atoms with van der Waals surface area (Å²) in [5.74, 6) is -0.806. The molecule has 9 heteroatoms. The Morgan fingerprint density at radius 2 is 2.00 bits per heavy atom. The number of aromatic nitrogens is 1. The van der Waals surface area contributed by atoms with Gasteiger partial charge in [-0.15, -0.1) is 0 Å². The number of morpholine rings is 1. The Kier molecular flexibility index (Phi) is 6.55. The highest BCUT2D eigenvalue weighted by atomic mass is 35.5. The first kappa shape index (κ1) is 21.5. The van der Waals surface area contributed by atoms with Crippen molar-refractivity contribution in [2.45, 2.75) is 6.92 Å². The molecule has 3 aromatic rings. The van der Waals surface area contributed by atoms with Crippen LogP contribution < -0.4 is 4.90 Å². The number of nitrogens with zero attached hydrogens (tertiary/aromatic N) is 3. The molecule has 0 atom stereocenters. The van der Waals surface area contributed by atoms with Gasteiger partial charge in [0.25, 0.3) is 5.91 Å². The van der Waals surface area contributed by atoms with Crippen LogP contribution in [-0.4, -0.2) is 55.2 Å². The van der Waals surface area contributed by atoms with Crippen LogP contribution in [0.5, 0.6) is 0 Å². The topological polar surface area (TPSA) is 45.7 Å². The molecule has 30 heavy (non-hydrogen) atoms. The fourth-order valence-corrected chi connectivity index (χ4v) is 4.95. The predicted molar refractivity (Wildman–Crippen MR) is 120 cm³/mol. The Labute approximate surface area is 188 Å². The van der Waals surface area contributed by atoms with Gasteiger partial charge in [-0.05, 0) is 36.8 Å². The number of carbonyl (C=O) groups is 1. The molecule has 1 aromatic heterocycles. The molecule has 0 bridgehead atoms. The Morgan fingerprint density at radius 1 is 1.23 bits per heavy atom. The molecule has 0 radical (unpaired) electrons. The van der Waals surface area contributed by atoms with Crippen LogP contribution in [0.1, 0.15) is 15.9 Å². The molecule has 158 valence electrons. The van der Waals surface area contributed by atoms with Crippen molar-refractivity contribution in [1.29, 1.82) is 0 Å². The fraction of sp³-hybridized carbons (Fsp3) is 0.333. The van der Waals surface area contributed by atoms with E-state index in [-0.39, 0.29) is 16.5 Å². The van der Waals surface area contributed by atoms with Gasteiger partial charge in [-0.2, -0.15) is 0 Å². The van der Waals surface area contributed by atoms with E-state index in [1.54, 1.807) is 4.90 Å². The van der Waals surface area contributed by atoms with Crippen LogP contribution in [0.4, 0.5) is 9.52 Å². The van der Waals surface area contributed by atoms with Gasteiger partial charge in [0, 0.05) is 26.2 Å². The first-order valence-electron chi connectivity index (χ1n) is 9.56. The summed E-state index contributed by atoms with van der Waals surface area (Å²) in [7, 11) is 0. The van der Waals surface area contributed by atoms with Crippen molar-refractivity contribution in [1.82, 2.24) is 9.88 Å². The molecule has 0 saturated carbocycles. The lowest BCUT2D eigenvalue weighted by molar-refractivity contribution is 0.0391. The molecule has 4 rings (SSSR count). The van der Waals surface area contributed by atoms with Gasteiger partial charge < -0.3 is 4.74 Å². The molecule has 5 nitrogen and oxygen atoms in total. The monoisotopic (exact) mass is 467 g/mol. The Balaban J connectivity index is 1.70. The minimum atomic E-state index is -0.487. The summed E-state index contributed by atoms with van der Waals surface area (Å²) in [6.07, 6.45) is 0. The van der Waals surface area contributed by atoms with Crippen LogP contribution in [0.2, 0.25) is 10.0 Å². The van der Waals surface area contributed by atoms with E-state index in [9.17, 15) is 9.18 Å². The zero-order chi connectivity index (χ0) is 21.3. The zero-order valence-electron chi connectivity index (χ0n) is 16.3. The second kappa shape index (κ2) is 9.16. The van der Waals surface area contributed by atoms with Crippen LogP contribution in [0.25, 0.3) is 10.2 Å². The molecular weight excluding hydrogens is 448 g/mol. The highest BCUT2D eigenvalue weighted by Gasteiger charge is 2.25. The zero-order valence-corrected chi connectivity index (χ0v) is 18.7. The maximum Gasteiger partial charge on any atom is 0.261 e. The lowest BCUT2D eigenvalue weighted by atomic mass is 10.2. The molecule has 2 aromatic carbocycles. The smallest absolute Gasteiger partial charge is 0.261 e. The summed E-state index contributed by atoms with van der Waals surface area (Å²) in [5, 5.41) is 1.21. The van der Waals surface area contributed by atoms with Crippen molar-refractivity contribution >= 4 is 55.8 Å². The number of benzene rings is 2. The van der Waals surface area contributed by atoms with E-state index in [0.29, 0.717) is 36.5 Å². The van der Waals surface area contributed by atoms with Crippen molar-refractivity contribution in [3.63, 3.8) is 0 Å². The first-order valence-corrected chi connectivity index (χ1v) is 11.1. The van der Waals surface area contributed by atoms with E-state index < -0.39 is 5.82 Å². The Bertz CT molecular complexity index is 1050. The average Bonchev–Trinajstić information content (AvgIpc) is 3.18. The normalized spacial score (nSPS) is 14.9. The van der Waals surface area contributed by atoms with Crippen molar-refractivity contribution in [2.75, 3.05) is 44.3 Å². The van der Waals surface area contributed by atoms with Gasteiger partial charge in [-0.3, -0.25) is 14.6 Å². The van der Waals surface area contributed by atoms with E-state index in [2.05, 4.69) is 4.90 Å². The summed E-state index contributed by atoms with van der Waals surface area (Å²) in [5.41, 5.74) is 2.00. The number of thiazole rings is 1. The number of amides is 1. The van der Waals surface area contributed by atoms with Gasteiger partial charge in [0.2, 0.25) is 0 Å². The fourth-order valence-electron chi connectivity index (χ4n) is 3.36. The van der Waals surface area contributed by atoms with Crippen molar-refractivity contribution in [3.05, 3.63) is 57.3 Å². The third-order valence-electron chi connectivity index (χ3n) is 5.07. The lowest BCUT2D eigenvalue weighted by Gasteiger charge is -2.29. The maximum atomic E-state index is 13.5. The van der Waals surface area contributed by atoms with Gasteiger partial charge >= 0.3 is 0 Å². The highest BCUT2D eigenvalue weighted by molar-refractivity contribution is 7.23. The number of fused-ring (bicyclic) bond motifs is 1. The van der Waals surface area contributed by atoms with Gasteiger partial charge in [0.15, 0.2) is 5.13 Å². The highest BCUT2D eigenvalue weighted by Crippen LogP contribution is 2.36.